The summed E-state index contributed by atoms with van der Waals surface area (Å²) < 4.78 is 0. The van der Waals surface area contributed by atoms with Gasteiger partial charge in [-0.3, -0.25) is 9.78 Å². The van der Waals surface area contributed by atoms with Gasteiger partial charge in [0.2, 0.25) is 0 Å². The summed E-state index contributed by atoms with van der Waals surface area (Å²) in [6, 6.07) is 9.96. The minimum atomic E-state index is -0.690. The SMILES string of the molecule is Cc1ccncc1-c1ccc(C2(C(=O)O)CCCC2)cc1. The highest BCUT2D eigenvalue weighted by atomic mass is 16.4. The van der Waals surface area contributed by atoms with Crippen molar-refractivity contribution in [3.05, 3.63) is 53.9 Å². The van der Waals surface area contributed by atoms with Crippen molar-refractivity contribution in [2.75, 3.05) is 0 Å². The van der Waals surface area contributed by atoms with Gasteiger partial charge in [-0.2, -0.15) is 0 Å². The molecule has 108 valence electrons. The monoisotopic (exact) mass is 281 g/mol. The summed E-state index contributed by atoms with van der Waals surface area (Å²) >= 11 is 0. The van der Waals surface area contributed by atoms with E-state index < -0.39 is 11.4 Å². The first-order valence-electron chi connectivity index (χ1n) is 7.38. The van der Waals surface area contributed by atoms with Gasteiger partial charge in [0, 0.05) is 18.0 Å². The molecule has 1 saturated carbocycles. The Balaban J connectivity index is 1.98. The highest BCUT2D eigenvalue weighted by molar-refractivity contribution is 5.82. The first kappa shape index (κ1) is 13.8. The summed E-state index contributed by atoms with van der Waals surface area (Å²) in [4.78, 5) is 15.9. The fraction of sp³-hybridized carbons (Fsp3) is 0.333. The number of aliphatic carboxylic acids is 1. The lowest BCUT2D eigenvalue weighted by Crippen LogP contribution is -2.32. The Kier molecular flexibility index (Phi) is 3.50. The molecule has 21 heavy (non-hydrogen) atoms. The Morgan fingerprint density at radius 3 is 2.38 bits per heavy atom. The Labute approximate surface area is 124 Å². The van der Waals surface area contributed by atoms with Crippen LogP contribution in [0.2, 0.25) is 0 Å². The summed E-state index contributed by atoms with van der Waals surface area (Å²) in [6.07, 6.45) is 7.12. The van der Waals surface area contributed by atoms with Crippen molar-refractivity contribution < 1.29 is 9.90 Å². The zero-order valence-corrected chi connectivity index (χ0v) is 12.2. The number of pyridine rings is 1. The molecule has 3 nitrogen and oxygen atoms in total. The molecular weight excluding hydrogens is 262 g/mol. The molecule has 0 aliphatic heterocycles. The van der Waals surface area contributed by atoms with Gasteiger partial charge in [-0.15, -0.1) is 0 Å². The second-order valence-corrected chi connectivity index (χ2v) is 5.86. The number of benzene rings is 1. The lowest BCUT2D eigenvalue weighted by atomic mass is 9.78. The normalized spacial score (nSPS) is 16.8. The summed E-state index contributed by atoms with van der Waals surface area (Å²) in [5.41, 5.74) is 3.61. The number of rotatable bonds is 3. The Bertz CT molecular complexity index is 655. The molecule has 3 heteroatoms. The first-order chi connectivity index (χ1) is 10.1. The third-order valence-corrected chi connectivity index (χ3v) is 4.65. The molecule has 0 saturated heterocycles. The van der Waals surface area contributed by atoms with Crippen molar-refractivity contribution in [3.8, 4) is 11.1 Å². The van der Waals surface area contributed by atoms with Crippen LogP contribution in [0.1, 0.15) is 36.8 Å². The van der Waals surface area contributed by atoms with Crippen molar-refractivity contribution in [1.29, 1.82) is 0 Å². The predicted molar refractivity (Wildman–Crippen MR) is 82.2 cm³/mol. The molecule has 1 heterocycles. The molecule has 1 aliphatic rings. The summed E-state index contributed by atoms with van der Waals surface area (Å²) in [5, 5.41) is 9.64. The highest BCUT2D eigenvalue weighted by Crippen LogP contribution is 2.41. The maximum absolute atomic E-state index is 11.7. The highest BCUT2D eigenvalue weighted by Gasteiger charge is 2.42. The lowest BCUT2D eigenvalue weighted by molar-refractivity contribution is -0.143. The van der Waals surface area contributed by atoms with Crippen LogP contribution >= 0.6 is 0 Å². The van der Waals surface area contributed by atoms with Crippen LogP contribution in [-0.2, 0) is 10.2 Å². The quantitative estimate of drug-likeness (QED) is 0.926. The third-order valence-electron chi connectivity index (χ3n) is 4.65. The predicted octanol–water partition coefficient (Wildman–Crippen LogP) is 3.95. The van der Waals surface area contributed by atoms with Gasteiger partial charge in [-0.05, 0) is 42.5 Å². The topological polar surface area (TPSA) is 50.2 Å². The Hall–Kier alpha value is -2.16. The van der Waals surface area contributed by atoms with E-state index in [1.165, 1.54) is 5.56 Å². The van der Waals surface area contributed by atoms with Crippen LogP contribution in [0.25, 0.3) is 11.1 Å². The third kappa shape index (κ3) is 2.33. The van der Waals surface area contributed by atoms with Crippen LogP contribution in [-0.4, -0.2) is 16.1 Å². The molecule has 0 amide bonds. The maximum Gasteiger partial charge on any atom is 0.314 e. The Morgan fingerprint density at radius 1 is 1.14 bits per heavy atom. The van der Waals surface area contributed by atoms with Crippen molar-refractivity contribution in [2.45, 2.75) is 38.0 Å². The van der Waals surface area contributed by atoms with E-state index >= 15 is 0 Å². The van der Waals surface area contributed by atoms with E-state index in [4.69, 9.17) is 0 Å². The van der Waals surface area contributed by atoms with Crippen LogP contribution in [0.3, 0.4) is 0 Å². The average molecular weight is 281 g/mol. The second kappa shape index (κ2) is 5.32. The number of carboxylic acid groups (broad SMARTS) is 1. The molecule has 0 unspecified atom stereocenters. The molecule has 2 aromatic rings. The van der Waals surface area contributed by atoms with Gasteiger partial charge in [-0.25, -0.2) is 0 Å². The van der Waals surface area contributed by atoms with Crippen molar-refractivity contribution >= 4 is 5.97 Å². The van der Waals surface area contributed by atoms with E-state index in [1.807, 2.05) is 36.5 Å². The molecule has 0 atom stereocenters. The number of carbonyl (C=O) groups is 1. The lowest BCUT2D eigenvalue weighted by Gasteiger charge is -2.24. The fourth-order valence-electron chi connectivity index (χ4n) is 3.34. The van der Waals surface area contributed by atoms with Gasteiger partial charge < -0.3 is 5.11 Å². The number of nitrogens with zero attached hydrogens (tertiary/aromatic N) is 1. The molecule has 0 spiro atoms. The average Bonchev–Trinajstić information content (AvgIpc) is 2.99. The van der Waals surface area contributed by atoms with E-state index in [0.29, 0.717) is 0 Å². The Morgan fingerprint density at radius 2 is 1.81 bits per heavy atom. The molecule has 1 fully saturated rings. The standard InChI is InChI=1S/C18H19NO2/c1-13-8-11-19-12-16(13)14-4-6-15(7-5-14)18(17(20)21)9-2-3-10-18/h4-8,11-12H,2-3,9-10H2,1H3,(H,20,21). The van der Waals surface area contributed by atoms with Crippen LogP contribution in [0.15, 0.2) is 42.7 Å². The zero-order chi connectivity index (χ0) is 14.9. The van der Waals surface area contributed by atoms with Crippen LogP contribution < -0.4 is 0 Å². The smallest absolute Gasteiger partial charge is 0.314 e. The number of aromatic nitrogens is 1. The van der Waals surface area contributed by atoms with E-state index in [9.17, 15) is 9.90 Å². The second-order valence-electron chi connectivity index (χ2n) is 5.86. The summed E-state index contributed by atoms with van der Waals surface area (Å²) in [5.74, 6) is -0.690. The molecule has 1 aliphatic carbocycles. The van der Waals surface area contributed by atoms with Gasteiger partial charge >= 0.3 is 5.97 Å². The number of hydrogen-bond acceptors (Lipinski definition) is 2. The van der Waals surface area contributed by atoms with Gasteiger partial charge in [-0.1, -0.05) is 37.1 Å². The zero-order valence-electron chi connectivity index (χ0n) is 12.2. The number of hydrogen-bond donors (Lipinski definition) is 1. The molecule has 1 N–H and O–H groups in total. The van der Waals surface area contributed by atoms with Crippen LogP contribution in [0, 0.1) is 6.92 Å². The molecule has 0 bridgehead atoms. The van der Waals surface area contributed by atoms with Gasteiger partial charge in [0.1, 0.15) is 0 Å². The van der Waals surface area contributed by atoms with Crippen molar-refractivity contribution in [3.63, 3.8) is 0 Å². The molecule has 3 rings (SSSR count). The minimum absolute atomic E-state index is 0.678. The summed E-state index contributed by atoms with van der Waals surface area (Å²) in [7, 11) is 0. The largest absolute Gasteiger partial charge is 0.481 e. The van der Waals surface area contributed by atoms with Crippen LogP contribution in [0.4, 0.5) is 0 Å². The molecule has 1 aromatic heterocycles. The van der Waals surface area contributed by atoms with E-state index in [1.54, 1.807) is 6.20 Å². The molecule has 0 radical (unpaired) electrons. The van der Waals surface area contributed by atoms with Crippen molar-refractivity contribution in [2.24, 2.45) is 0 Å². The van der Waals surface area contributed by atoms with E-state index in [0.717, 1.165) is 42.4 Å². The van der Waals surface area contributed by atoms with E-state index in [-0.39, 0.29) is 0 Å². The molecular formula is C18H19NO2. The number of aryl methyl sites for hydroxylation is 1. The van der Waals surface area contributed by atoms with Gasteiger partial charge in [0.15, 0.2) is 0 Å². The van der Waals surface area contributed by atoms with Gasteiger partial charge in [0.25, 0.3) is 0 Å². The van der Waals surface area contributed by atoms with Crippen LogP contribution in [0.5, 0.6) is 0 Å². The van der Waals surface area contributed by atoms with Gasteiger partial charge in [0.05, 0.1) is 5.41 Å². The minimum Gasteiger partial charge on any atom is -0.481 e. The fourth-order valence-corrected chi connectivity index (χ4v) is 3.34. The van der Waals surface area contributed by atoms with Crippen molar-refractivity contribution in [1.82, 2.24) is 4.98 Å². The maximum atomic E-state index is 11.7. The van der Waals surface area contributed by atoms with E-state index in [2.05, 4.69) is 11.9 Å². The first-order valence-corrected chi connectivity index (χ1v) is 7.38. The molecule has 1 aromatic carbocycles. The number of carboxylic acids is 1. The summed E-state index contributed by atoms with van der Waals surface area (Å²) in [6.45, 7) is 2.06.